The second-order valence-corrected chi connectivity index (χ2v) is 10.8. The first-order valence-corrected chi connectivity index (χ1v) is 12.9. The molecule has 0 aliphatic heterocycles. The van der Waals surface area contributed by atoms with Crippen molar-refractivity contribution in [3.63, 3.8) is 0 Å². The predicted molar refractivity (Wildman–Crippen MR) is 148 cm³/mol. The van der Waals surface area contributed by atoms with Crippen molar-refractivity contribution in [1.82, 2.24) is 30.1 Å². The number of anilines is 1. The highest BCUT2D eigenvalue weighted by molar-refractivity contribution is 7.15. The third-order valence-electron chi connectivity index (χ3n) is 6.14. The second kappa shape index (κ2) is 9.25. The molecule has 6 rings (SSSR count). The Morgan fingerprint density at radius 1 is 1.00 bits per heavy atom. The van der Waals surface area contributed by atoms with Crippen LogP contribution >= 0.6 is 11.3 Å². The summed E-state index contributed by atoms with van der Waals surface area (Å²) in [6.07, 6.45) is 7.46. The van der Waals surface area contributed by atoms with E-state index in [-0.39, 0.29) is 11.8 Å². The van der Waals surface area contributed by atoms with Crippen LogP contribution < -0.4 is 5.32 Å². The number of hydrogen-bond acceptors (Lipinski definition) is 6. The number of thiophene rings is 1. The highest BCUT2D eigenvalue weighted by Gasteiger charge is 2.16. The van der Waals surface area contributed by atoms with Gasteiger partial charge in [-0.15, -0.1) is 11.3 Å². The highest BCUT2D eigenvalue weighted by Crippen LogP contribution is 2.36. The fourth-order valence-corrected chi connectivity index (χ4v) is 5.33. The highest BCUT2D eigenvalue weighted by atomic mass is 32.1. The molecule has 0 saturated heterocycles. The normalized spacial score (nSPS) is 11.6. The van der Waals surface area contributed by atoms with Crippen molar-refractivity contribution in [2.45, 2.75) is 27.2 Å². The molecular weight excluding hydrogens is 482 g/mol. The smallest absolute Gasteiger partial charge is 0.224 e. The number of hydrogen-bond donors (Lipinski definition) is 3. The Kier molecular flexibility index (Phi) is 5.77. The minimum absolute atomic E-state index is 0.0279. The van der Waals surface area contributed by atoms with Crippen LogP contribution in [0.3, 0.4) is 0 Å². The average molecular weight is 508 g/mol. The summed E-state index contributed by atoms with van der Waals surface area (Å²) in [4.78, 5) is 31.7. The molecule has 0 radical (unpaired) electrons. The van der Waals surface area contributed by atoms with Crippen LogP contribution in [0.2, 0.25) is 0 Å². The molecule has 0 atom stereocenters. The summed E-state index contributed by atoms with van der Waals surface area (Å²) < 4.78 is 0. The molecule has 0 aliphatic carbocycles. The van der Waals surface area contributed by atoms with Gasteiger partial charge in [0.05, 0.1) is 45.6 Å². The lowest BCUT2D eigenvalue weighted by atomic mass is 10.1. The van der Waals surface area contributed by atoms with Crippen molar-refractivity contribution in [3.05, 3.63) is 66.1 Å². The minimum Gasteiger partial charge on any atom is -0.353 e. The topological polar surface area (TPSA) is 112 Å². The molecule has 6 aromatic heterocycles. The number of aromatic amines is 2. The van der Waals surface area contributed by atoms with Gasteiger partial charge in [0.1, 0.15) is 5.69 Å². The van der Waals surface area contributed by atoms with Crippen molar-refractivity contribution in [1.29, 1.82) is 0 Å². The first kappa shape index (κ1) is 23.1. The van der Waals surface area contributed by atoms with E-state index in [9.17, 15) is 4.79 Å². The second-order valence-electron chi connectivity index (χ2n) is 9.51. The standard InChI is InChI=1S/C28H25N7OS/c1-15(2)8-26(36)32-18-9-17(12-29-13-18)22-10-20-24(14-31-22)34-35-27(20)23-11-19-21(33-23)6-7-30-28(19)25-5-4-16(3)37-25/h4-7,9-15,33H,8H2,1-3H3,(H,32,36)(H,34,35). The number of carbonyl (C=O) groups excluding carboxylic acids is 1. The van der Waals surface area contributed by atoms with E-state index in [1.54, 1.807) is 29.9 Å². The summed E-state index contributed by atoms with van der Waals surface area (Å²) in [7, 11) is 0. The molecule has 0 aliphatic rings. The van der Waals surface area contributed by atoms with Gasteiger partial charge in [-0.3, -0.25) is 24.8 Å². The van der Waals surface area contributed by atoms with E-state index in [1.807, 2.05) is 38.2 Å². The lowest BCUT2D eigenvalue weighted by molar-refractivity contribution is -0.116. The molecule has 0 fully saturated rings. The number of pyridine rings is 3. The lowest BCUT2D eigenvalue weighted by Gasteiger charge is -2.08. The average Bonchev–Trinajstić information content (AvgIpc) is 3.60. The third kappa shape index (κ3) is 4.49. The molecular formula is C28H25N7OS. The molecule has 37 heavy (non-hydrogen) atoms. The molecule has 6 heterocycles. The van der Waals surface area contributed by atoms with E-state index in [2.05, 4.69) is 60.6 Å². The number of amides is 1. The molecule has 1 amide bonds. The first-order valence-electron chi connectivity index (χ1n) is 12.1. The summed E-state index contributed by atoms with van der Waals surface area (Å²) >= 11 is 1.73. The summed E-state index contributed by atoms with van der Waals surface area (Å²) in [6, 6.07) is 12.2. The minimum atomic E-state index is -0.0279. The number of aromatic nitrogens is 6. The summed E-state index contributed by atoms with van der Waals surface area (Å²) in [5, 5.41) is 12.6. The van der Waals surface area contributed by atoms with Crippen LogP contribution in [0.4, 0.5) is 5.69 Å². The van der Waals surface area contributed by atoms with Gasteiger partial charge >= 0.3 is 0 Å². The van der Waals surface area contributed by atoms with Gasteiger partial charge in [-0.1, -0.05) is 13.8 Å². The zero-order chi connectivity index (χ0) is 25.5. The predicted octanol–water partition coefficient (Wildman–Crippen LogP) is 6.58. The van der Waals surface area contributed by atoms with Crippen molar-refractivity contribution in [2.75, 3.05) is 5.32 Å². The number of fused-ring (bicyclic) bond motifs is 2. The number of H-pyrrole nitrogens is 2. The van der Waals surface area contributed by atoms with E-state index < -0.39 is 0 Å². The van der Waals surface area contributed by atoms with Crippen LogP contribution in [0.5, 0.6) is 0 Å². The maximum atomic E-state index is 12.2. The zero-order valence-electron chi connectivity index (χ0n) is 20.7. The summed E-state index contributed by atoms with van der Waals surface area (Å²) in [6.45, 7) is 6.14. The van der Waals surface area contributed by atoms with Crippen molar-refractivity contribution >= 4 is 44.7 Å². The van der Waals surface area contributed by atoms with Crippen molar-refractivity contribution in [3.8, 4) is 33.2 Å². The third-order valence-corrected chi connectivity index (χ3v) is 7.14. The summed E-state index contributed by atoms with van der Waals surface area (Å²) in [5.74, 6) is 0.255. The molecule has 0 aromatic carbocycles. The van der Waals surface area contributed by atoms with Crippen LogP contribution in [0.25, 0.3) is 55.0 Å². The fraction of sp³-hybridized carbons (Fsp3) is 0.179. The molecule has 8 nitrogen and oxygen atoms in total. The Bertz CT molecular complexity index is 1760. The molecule has 184 valence electrons. The number of rotatable bonds is 6. The van der Waals surface area contributed by atoms with Gasteiger partial charge < -0.3 is 10.3 Å². The SMILES string of the molecule is Cc1ccc(-c2nccc3[nH]c(-c4n[nH]c5cnc(-c6cncc(NC(=O)CC(C)C)c6)cc45)cc23)s1. The van der Waals surface area contributed by atoms with Gasteiger partial charge in [0.15, 0.2) is 0 Å². The van der Waals surface area contributed by atoms with E-state index in [0.717, 1.165) is 55.0 Å². The number of nitrogens with zero attached hydrogens (tertiary/aromatic N) is 4. The Morgan fingerprint density at radius 3 is 2.68 bits per heavy atom. The van der Waals surface area contributed by atoms with E-state index in [1.165, 1.54) is 4.88 Å². The Hall–Kier alpha value is -4.37. The monoisotopic (exact) mass is 507 g/mol. The molecule has 3 N–H and O–H groups in total. The molecule has 9 heteroatoms. The number of nitrogens with one attached hydrogen (secondary N) is 3. The number of carbonyl (C=O) groups is 1. The molecule has 0 saturated carbocycles. The van der Waals surface area contributed by atoms with E-state index in [4.69, 9.17) is 0 Å². The van der Waals surface area contributed by atoms with E-state index in [0.29, 0.717) is 12.1 Å². The van der Waals surface area contributed by atoms with Crippen LogP contribution in [0, 0.1) is 12.8 Å². The van der Waals surface area contributed by atoms with Crippen molar-refractivity contribution < 1.29 is 4.79 Å². The van der Waals surface area contributed by atoms with Crippen molar-refractivity contribution in [2.24, 2.45) is 5.92 Å². The van der Waals surface area contributed by atoms with Gasteiger partial charge in [0.2, 0.25) is 5.91 Å². The first-order chi connectivity index (χ1) is 17.9. The molecule has 0 bridgehead atoms. The molecule has 6 aromatic rings. The lowest BCUT2D eigenvalue weighted by Crippen LogP contribution is -2.13. The quantitative estimate of drug-likeness (QED) is 0.236. The maximum Gasteiger partial charge on any atom is 0.224 e. The molecule has 0 unspecified atom stereocenters. The zero-order valence-corrected chi connectivity index (χ0v) is 21.5. The Balaban J connectivity index is 1.38. The van der Waals surface area contributed by atoms with Gasteiger partial charge in [0.25, 0.3) is 0 Å². The molecule has 0 spiro atoms. The fourth-order valence-electron chi connectivity index (χ4n) is 4.45. The van der Waals surface area contributed by atoms with E-state index >= 15 is 0 Å². The summed E-state index contributed by atoms with van der Waals surface area (Å²) in [5.41, 5.74) is 6.71. The maximum absolute atomic E-state index is 12.2. The van der Waals surface area contributed by atoms with Crippen LogP contribution in [-0.4, -0.2) is 36.0 Å². The number of aryl methyl sites for hydroxylation is 1. The van der Waals surface area contributed by atoms with Gasteiger partial charge in [-0.05, 0) is 49.2 Å². The van der Waals surface area contributed by atoms with Gasteiger partial charge in [-0.25, -0.2) is 0 Å². The largest absolute Gasteiger partial charge is 0.353 e. The van der Waals surface area contributed by atoms with Gasteiger partial charge in [0, 0.05) is 45.5 Å². The van der Waals surface area contributed by atoms with Crippen LogP contribution in [0.15, 0.2) is 61.2 Å². The van der Waals surface area contributed by atoms with Crippen LogP contribution in [0.1, 0.15) is 25.1 Å². The van der Waals surface area contributed by atoms with Gasteiger partial charge in [-0.2, -0.15) is 5.10 Å². The Labute approximate surface area is 217 Å². The van der Waals surface area contributed by atoms with Crippen LogP contribution in [-0.2, 0) is 4.79 Å². The Morgan fingerprint density at radius 2 is 1.86 bits per heavy atom.